The summed E-state index contributed by atoms with van der Waals surface area (Å²) < 4.78 is 37.1. The molecule has 1 aliphatic rings. The summed E-state index contributed by atoms with van der Waals surface area (Å²) in [6.07, 6.45) is 10.8. The number of hydrogen-bond acceptors (Lipinski definition) is 8. The lowest BCUT2D eigenvalue weighted by Gasteiger charge is -2.38. The molecule has 0 fully saturated rings. The second-order valence-electron chi connectivity index (χ2n) is 16.0. The molecule has 0 aliphatic carbocycles. The van der Waals surface area contributed by atoms with Crippen LogP contribution in [-0.2, 0) is 11.8 Å². The first-order valence-electron chi connectivity index (χ1n) is 21.1. The second kappa shape index (κ2) is 22.0. The van der Waals surface area contributed by atoms with Crippen molar-refractivity contribution in [2.45, 2.75) is 130 Å². The Labute approximate surface area is 338 Å². The average molecular weight is 771 g/mol. The van der Waals surface area contributed by atoms with Gasteiger partial charge in [0.2, 0.25) is 11.5 Å². The number of fused-ring (bicyclic) bond motifs is 1. The summed E-state index contributed by atoms with van der Waals surface area (Å²) in [6, 6.07) is 19.2. The summed E-state index contributed by atoms with van der Waals surface area (Å²) in [4.78, 5) is 0. The maximum absolute atomic E-state index is 10.8. The highest BCUT2D eigenvalue weighted by atomic mass is 16.5. The van der Waals surface area contributed by atoms with Crippen LogP contribution in [0.1, 0.15) is 134 Å². The van der Waals surface area contributed by atoms with Gasteiger partial charge >= 0.3 is 0 Å². The van der Waals surface area contributed by atoms with Crippen LogP contribution in [0.5, 0.6) is 34.5 Å². The third-order valence-corrected chi connectivity index (χ3v) is 12.1. The lowest BCUT2D eigenvalue weighted by atomic mass is 9.69. The Bertz CT molecular complexity index is 1690. The quantitative estimate of drug-likeness (QED) is 0.0901. The number of nitrogens with one attached hydrogen (secondary N) is 1. The lowest BCUT2D eigenvalue weighted by molar-refractivity contribution is 0.238. The number of ether oxygens (including phenoxy) is 6. The van der Waals surface area contributed by atoms with Crippen molar-refractivity contribution in [3.63, 3.8) is 0 Å². The van der Waals surface area contributed by atoms with Crippen molar-refractivity contribution < 1.29 is 28.4 Å². The maximum Gasteiger partial charge on any atom is 0.207 e. The molecule has 0 bridgehead atoms. The summed E-state index contributed by atoms with van der Waals surface area (Å²) in [5, 5.41) is 14.9. The van der Waals surface area contributed by atoms with Gasteiger partial charge in [-0.25, -0.2) is 0 Å². The largest absolute Gasteiger partial charge is 0.493 e. The fourth-order valence-corrected chi connectivity index (χ4v) is 8.50. The predicted octanol–water partition coefficient (Wildman–Crippen LogP) is 11.4. The fraction of sp³-hybridized carbons (Fsp3) is 0.604. The summed E-state index contributed by atoms with van der Waals surface area (Å²) >= 11 is 0. The van der Waals surface area contributed by atoms with Crippen LogP contribution >= 0.6 is 0 Å². The van der Waals surface area contributed by atoms with Crippen LogP contribution in [0.15, 0.2) is 48.5 Å². The van der Waals surface area contributed by atoms with Gasteiger partial charge in [-0.05, 0) is 86.0 Å². The van der Waals surface area contributed by atoms with E-state index in [0.29, 0.717) is 54.5 Å². The Morgan fingerprint density at radius 1 is 0.732 bits per heavy atom. The number of rotatable bonds is 24. The molecule has 1 N–H and O–H groups in total. The van der Waals surface area contributed by atoms with Gasteiger partial charge in [0.15, 0.2) is 23.0 Å². The van der Waals surface area contributed by atoms with E-state index in [9.17, 15) is 5.26 Å². The molecule has 3 unspecified atom stereocenters. The van der Waals surface area contributed by atoms with Crippen LogP contribution in [0.25, 0.3) is 0 Å². The highest BCUT2D eigenvalue weighted by Gasteiger charge is 2.40. The molecule has 1 heterocycles. The summed E-state index contributed by atoms with van der Waals surface area (Å²) in [6.45, 7) is 14.6. The molecule has 5 atom stereocenters. The molecule has 0 spiro atoms. The SMILES string of the molecule is CCCCCOc1c2c(c(OCCC[C@@H](C)C(C)CCC)c(OC)c1OC)C(c1ccccc1)N[C@H](CCCC(C#N)(c1ccc(OC)c(OC)c1)C(C)C)C2. The molecule has 0 radical (unpaired) electrons. The Balaban J connectivity index is 1.74. The van der Waals surface area contributed by atoms with Crippen molar-refractivity contribution in [2.75, 3.05) is 41.7 Å². The summed E-state index contributed by atoms with van der Waals surface area (Å²) in [7, 11) is 6.66. The van der Waals surface area contributed by atoms with E-state index < -0.39 is 5.41 Å². The molecule has 1 aliphatic heterocycles. The van der Waals surface area contributed by atoms with E-state index in [1.54, 1.807) is 28.4 Å². The zero-order valence-corrected chi connectivity index (χ0v) is 36.1. The number of nitriles is 1. The monoisotopic (exact) mass is 771 g/mol. The molecule has 3 aromatic carbocycles. The third-order valence-electron chi connectivity index (χ3n) is 12.1. The van der Waals surface area contributed by atoms with Gasteiger partial charge in [-0.1, -0.05) is 104 Å². The van der Waals surface area contributed by atoms with Gasteiger partial charge in [-0.3, -0.25) is 0 Å². The minimum Gasteiger partial charge on any atom is -0.493 e. The number of unbranched alkanes of at least 4 members (excludes halogenated alkanes) is 2. The van der Waals surface area contributed by atoms with Gasteiger partial charge in [0, 0.05) is 17.2 Å². The van der Waals surface area contributed by atoms with E-state index in [0.717, 1.165) is 85.1 Å². The Hall–Kier alpha value is -4.09. The molecule has 56 heavy (non-hydrogen) atoms. The number of hydrogen-bond donors (Lipinski definition) is 1. The lowest BCUT2D eigenvalue weighted by Crippen LogP contribution is -2.41. The van der Waals surface area contributed by atoms with E-state index in [4.69, 9.17) is 28.4 Å². The van der Waals surface area contributed by atoms with E-state index in [1.165, 1.54) is 12.8 Å². The number of methoxy groups -OCH3 is 4. The normalized spacial score (nSPS) is 17.2. The van der Waals surface area contributed by atoms with Gasteiger partial charge in [-0.2, -0.15) is 5.26 Å². The Kier molecular flexibility index (Phi) is 17.5. The maximum atomic E-state index is 10.8. The predicted molar refractivity (Wildman–Crippen MR) is 227 cm³/mol. The smallest absolute Gasteiger partial charge is 0.207 e. The molecular formula is C48H70N2O6. The van der Waals surface area contributed by atoms with Gasteiger partial charge in [-0.15, -0.1) is 0 Å². The Morgan fingerprint density at radius 2 is 1.39 bits per heavy atom. The molecule has 8 heteroatoms. The molecule has 0 aromatic heterocycles. The summed E-state index contributed by atoms with van der Waals surface area (Å²) in [5.74, 6) is 5.34. The van der Waals surface area contributed by atoms with E-state index in [1.807, 2.05) is 18.2 Å². The van der Waals surface area contributed by atoms with Crippen LogP contribution in [0.4, 0.5) is 0 Å². The highest BCUT2D eigenvalue weighted by molar-refractivity contribution is 5.69. The molecule has 0 saturated heterocycles. The average Bonchev–Trinajstić information content (AvgIpc) is 3.22. The fourth-order valence-electron chi connectivity index (χ4n) is 8.50. The zero-order chi connectivity index (χ0) is 40.7. The van der Waals surface area contributed by atoms with Crippen molar-refractivity contribution >= 4 is 0 Å². The third kappa shape index (κ3) is 10.4. The molecule has 3 aromatic rings. The van der Waals surface area contributed by atoms with Gasteiger partial charge in [0.25, 0.3) is 0 Å². The van der Waals surface area contributed by atoms with Crippen molar-refractivity contribution in [2.24, 2.45) is 17.8 Å². The first-order valence-corrected chi connectivity index (χ1v) is 21.1. The minimum atomic E-state index is -0.693. The summed E-state index contributed by atoms with van der Waals surface area (Å²) in [5.41, 5.74) is 3.57. The van der Waals surface area contributed by atoms with Crippen molar-refractivity contribution in [1.29, 1.82) is 5.26 Å². The first-order chi connectivity index (χ1) is 27.1. The van der Waals surface area contributed by atoms with Crippen LogP contribution in [0, 0.1) is 29.1 Å². The highest BCUT2D eigenvalue weighted by Crippen LogP contribution is 2.54. The Morgan fingerprint density at radius 3 is 2.02 bits per heavy atom. The molecule has 0 amide bonds. The zero-order valence-electron chi connectivity index (χ0n) is 36.1. The molecule has 0 saturated carbocycles. The molecule has 8 nitrogen and oxygen atoms in total. The minimum absolute atomic E-state index is 0.0834. The van der Waals surface area contributed by atoms with E-state index >= 15 is 0 Å². The van der Waals surface area contributed by atoms with Crippen LogP contribution in [0.3, 0.4) is 0 Å². The van der Waals surface area contributed by atoms with Gasteiger partial charge < -0.3 is 33.7 Å². The number of benzene rings is 3. The second-order valence-corrected chi connectivity index (χ2v) is 16.0. The van der Waals surface area contributed by atoms with Crippen LogP contribution < -0.4 is 33.7 Å². The van der Waals surface area contributed by atoms with Gasteiger partial charge in [0.05, 0.1) is 59.2 Å². The topological polar surface area (TPSA) is 91.2 Å². The molecule has 308 valence electrons. The standard InChI is InChI=1S/C48H70N2O6/c1-11-13-17-28-55-44-39-31-38(24-18-27-48(32-49,33(3)4)37-25-26-40(51-7)41(30-37)52-8)50-43(36-22-15-14-16-23-36)42(39)45(47(54-10)46(44)53-9)56-29-19-21-35(6)34(5)20-12-2/h14-16,22-23,25-26,30,33-35,38,43,50H,11-13,17-21,24,27-29,31H2,1-10H3/t34?,35-,38-,43?,48?/m1/s1. The van der Waals surface area contributed by atoms with Crippen LogP contribution in [-0.4, -0.2) is 47.7 Å². The number of nitrogens with zero attached hydrogens (tertiary/aromatic N) is 1. The first kappa shape index (κ1) is 44.6. The van der Waals surface area contributed by atoms with Crippen LogP contribution in [0.2, 0.25) is 0 Å². The van der Waals surface area contributed by atoms with Crippen molar-refractivity contribution in [3.05, 3.63) is 70.8 Å². The van der Waals surface area contributed by atoms with Crippen molar-refractivity contribution in [1.82, 2.24) is 5.32 Å². The van der Waals surface area contributed by atoms with E-state index in [-0.39, 0.29) is 18.0 Å². The molecular weight excluding hydrogens is 701 g/mol. The van der Waals surface area contributed by atoms with Crippen molar-refractivity contribution in [3.8, 4) is 40.6 Å². The molecule has 4 rings (SSSR count). The van der Waals surface area contributed by atoms with Gasteiger partial charge in [0.1, 0.15) is 0 Å². The van der Waals surface area contributed by atoms with E-state index in [2.05, 4.69) is 83.3 Å².